The SMILES string of the molecule is CCOc1cccc(OCC(=O)Nc2ccc(-c3ccc(N4CCN(C)CC4)nn3)cc2)c1. The third-order valence-electron chi connectivity index (χ3n) is 5.43. The first kappa shape index (κ1) is 22.5. The van der Waals surface area contributed by atoms with Crippen molar-refractivity contribution >= 4 is 17.4 Å². The lowest BCUT2D eigenvalue weighted by Crippen LogP contribution is -2.44. The molecule has 1 amide bonds. The Morgan fingerprint density at radius 3 is 2.33 bits per heavy atom. The zero-order valence-corrected chi connectivity index (χ0v) is 19.0. The molecule has 1 N–H and O–H groups in total. The van der Waals surface area contributed by atoms with E-state index < -0.39 is 0 Å². The molecule has 0 bridgehead atoms. The van der Waals surface area contributed by atoms with E-state index in [1.54, 1.807) is 12.1 Å². The van der Waals surface area contributed by atoms with Crippen LogP contribution < -0.4 is 19.7 Å². The van der Waals surface area contributed by atoms with Gasteiger partial charge in [0.2, 0.25) is 0 Å². The molecule has 8 heteroatoms. The van der Waals surface area contributed by atoms with Crippen molar-refractivity contribution in [1.82, 2.24) is 15.1 Å². The van der Waals surface area contributed by atoms with Crippen molar-refractivity contribution in [3.8, 4) is 22.8 Å². The third-order valence-corrected chi connectivity index (χ3v) is 5.43. The molecule has 2 heterocycles. The fourth-order valence-corrected chi connectivity index (χ4v) is 3.57. The van der Waals surface area contributed by atoms with Gasteiger partial charge in [0.05, 0.1) is 12.3 Å². The van der Waals surface area contributed by atoms with Gasteiger partial charge in [-0.3, -0.25) is 4.79 Å². The minimum Gasteiger partial charge on any atom is -0.494 e. The van der Waals surface area contributed by atoms with Crippen LogP contribution in [0.2, 0.25) is 0 Å². The highest BCUT2D eigenvalue weighted by Gasteiger charge is 2.15. The number of hydrogen-bond acceptors (Lipinski definition) is 7. The number of likely N-dealkylation sites (N-methyl/N-ethyl adjacent to an activating group) is 1. The Morgan fingerprint density at radius 1 is 0.939 bits per heavy atom. The predicted octanol–water partition coefficient (Wildman–Crippen LogP) is 3.31. The van der Waals surface area contributed by atoms with Gasteiger partial charge in [0.25, 0.3) is 5.91 Å². The number of nitrogens with zero attached hydrogens (tertiary/aromatic N) is 4. The molecule has 0 radical (unpaired) electrons. The summed E-state index contributed by atoms with van der Waals surface area (Å²) in [5, 5.41) is 11.6. The van der Waals surface area contributed by atoms with E-state index in [0.29, 0.717) is 23.8 Å². The van der Waals surface area contributed by atoms with Gasteiger partial charge in [-0.1, -0.05) is 18.2 Å². The third kappa shape index (κ3) is 6.20. The van der Waals surface area contributed by atoms with Crippen molar-refractivity contribution in [3.05, 3.63) is 60.7 Å². The Labute approximate surface area is 194 Å². The highest BCUT2D eigenvalue weighted by molar-refractivity contribution is 5.92. The van der Waals surface area contributed by atoms with E-state index in [0.717, 1.165) is 43.3 Å². The van der Waals surface area contributed by atoms with Crippen molar-refractivity contribution in [2.45, 2.75) is 6.92 Å². The van der Waals surface area contributed by atoms with Crippen LogP contribution in [-0.2, 0) is 4.79 Å². The van der Waals surface area contributed by atoms with Crippen LogP contribution in [0, 0.1) is 0 Å². The molecule has 0 atom stereocenters. The molecule has 0 unspecified atom stereocenters. The molecule has 1 aliphatic rings. The molecule has 3 aromatic rings. The van der Waals surface area contributed by atoms with Gasteiger partial charge in [-0.05, 0) is 50.4 Å². The van der Waals surface area contributed by atoms with Crippen LogP contribution in [0.1, 0.15) is 6.92 Å². The minimum atomic E-state index is -0.235. The van der Waals surface area contributed by atoms with Gasteiger partial charge in [-0.2, -0.15) is 0 Å². The number of anilines is 2. The van der Waals surface area contributed by atoms with Gasteiger partial charge in [0.1, 0.15) is 11.5 Å². The Morgan fingerprint density at radius 2 is 1.67 bits per heavy atom. The number of aromatic nitrogens is 2. The number of benzene rings is 2. The van der Waals surface area contributed by atoms with E-state index >= 15 is 0 Å². The number of piperazine rings is 1. The lowest BCUT2D eigenvalue weighted by molar-refractivity contribution is -0.118. The summed E-state index contributed by atoms with van der Waals surface area (Å²) in [6.07, 6.45) is 0. The van der Waals surface area contributed by atoms with Crippen LogP contribution in [0.4, 0.5) is 11.5 Å². The number of nitrogens with one attached hydrogen (secondary N) is 1. The Bertz CT molecular complexity index is 1050. The summed E-state index contributed by atoms with van der Waals surface area (Å²) in [4.78, 5) is 16.8. The highest BCUT2D eigenvalue weighted by atomic mass is 16.5. The smallest absolute Gasteiger partial charge is 0.262 e. The van der Waals surface area contributed by atoms with E-state index in [1.807, 2.05) is 55.5 Å². The standard InChI is InChI=1S/C25H29N5O3/c1-3-32-21-5-4-6-22(17-21)33-18-25(31)26-20-9-7-19(8-10-20)23-11-12-24(28-27-23)30-15-13-29(2)14-16-30/h4-12,17H,3,13-16,18H2,1-2H3,(H,26,31). The molecule has 1 aromatic heterocycles. The second kappa shape index (κ2) is 10.8. The van der Waals surface area contributed by atoms with E-state index in [2.05, 4.69) is 32.4 Å². The molecule has 0 saturated carbocycles. The highest BCUT2D eigenvalue weighted by Crippen LogP contribution is 2.22. The number of amides is 1. The van der Waals surface area contributed by atoms with Gasteiger partial charge < -0.3 is 24.6 Å². The first-order valence-electron chi connectivity index (χ1n) is 11.1. The number of rotatable bonds is 8. The van der Waals surface area contributed by atoms with E-state index in [9.17, 15) is 4.79 Å². The van der Waals surface area contributed by atoms with Crippen LogP contribution >= 0.6 is 0 Å². The summed E-state index contributed by atoms with van der Waals surface area (Å²) in [6.45, 7) is 6.38. The lowest BCUT2D eigenvalue weighted by atomic mass is 10.1. The Kier molecular flexibility index (Phi) is 7.36. The zero-order chi connectivity index (χ0) is 23.0. The van der Waals surface area contributed by atoms with Crippen molar-refractivity contribution in [3.63, 3.8) is 0 Å². The van der Waals surface area contributed by atoms with Crippen LogP contribution in [0.25, 0.3) is 11.3 Å². The average Bonchev–Trinajstić information content (AvgIpc) is 2.84. The number of ether oxygens (including phenoxy) is 2. The van der Waals surface area contributed by atoms with Crippen LogP contribution in [0.5, 0.6) is 11.5 Å². The molecule has 33 heavy (non-hydrogen) atoms. The molecule has 1 fully saturated rings. The van der Waals surface area contributed by atoms with Crippen LogP contribution in [0.3, 0.4) is 0 Å². The fourth-order valence-electron chi connectivity index (χ4n) is 3.57. The zero-order valence-electron chi connectivity index (χ0n) is 19.0. The van der Waals surface area contributed by atoms with Gasteiger partial charge in [0, 0.05) is 43.5 Å². The van der Waals surface area contributed by atoms with Crippen molar-refractivity contribution in [2.75, 3.05) is 56.7 Å². The Balaban J connectivity index is 1.30. The van der Waals surface area contributed by atoms with Gasteiger partial charge in [-0.15, -0.1) is 10.2 Å². The molecular weight excluding hydrogens is 418 g/mol. The molecule has 1 saturated heterocycles. The van der Waals surface area contributed by atoms with Gasteiger partial charge in [0.15, 0.2) is 12.4 Å². The first-order valence-corrected chi connectivity index (χ1v) is 11.1. The second-order valence-corrected chi connectivity index (χ2v) is 7.89. The molecule has 8 nitrogen and oxygen atoms in total. The molecule has 172 valence electrons. The monoisotopic (exact) mass is 447 g/mol. The quantitative estimate of drug-likeness (QED) is 0.567. The summed E-state index contributed by atoms with van der Waals surface area (Å²) in [5.74, 6) is 1.97. The van der Waals surface area contributed by atoms with E-state index in [4.69, 9.17) is 9.47 Å². The summed E-state index contributed by atoms with van der Waals surface area (Å²) in [7, 11) is 2.13. The molecule has 1 aliphatic heterocycles. The summed E-state index contributed by atoms with van der Waals surface area (Å²) in [6, 6.07) is 18.8. The molecular formula is C25H29N5O3. The van der Waals surface area contributed by atoms with E-state index in [-0.39, 0.29) is 12.5 Å². The van der Waals surface area contributed by atoms with Crippen LogP contribution in [0.15, 0.2) is 60.7 Å². The molecule has 0 aliphatic carbocycles. The van der Waals surface area contributed by atoms with E-state index in [1.165, 1.54) is 0 Å². The van der Waals surface area contributed by atoms with Crippen molar-refractivity contribution in [1.29, 1.82) is 0 Å². The lowest BCUT2D eigenvalue weighted by Gasteiger charge is -2.32. The Hall–Kier alpha value is -3.65. The molecule has 0 spiro atoms. The maximum absolute atomic E-state index is 12.3. The molecule has 4 rings (SSSR count). The maximum Gasteiger partial charge on any atom is 0.262 e. The second-order valence-electron chi connectivity index (χ2n) is 7.89. The number of hydrogen-bond donors (Lipinski definition) is 1. The minimum absolute atomic E-state index is 0.0867. The summed E-state index contributed by atoms with van der Waals surface area (Å²) < 4.78 is 11.0. The average molecular weight is 448 g/mol. The number of carbonyl (C=O) groups excluding carboxylic acids is 1. The van der Waals surface area contributed by atoms with Gasteiger partial charge >= 0.3 is 0 Å². The topological polar surface area (TPSA) is 79.8 Å². The largest absolute Gasteiger partial charge is 0.494 e. The molecule has 2 aromatic carbocycles. The fraction of sp³-hybridized carbons (Fsp3) is 0.320. The number of carbonyl (C=O) groups is 1. The van der Waals surface area contributed by atoms with Crippen LogP contribution in [-0.4, -0.2) is 67.4 Å². The normalized spacial score (nSPS) is 14.1. The van der Waals surface area contributed by atoms with Crippen molar-refractivity contribution < 1.29 is 14.3 Å². The summed E-state index contributed by atoms with van der Waals surface area (Å²) >= 11 is 0. The first-order chi connectivity index (χ1) is 16.1. The predicted molar refractivity (Wildman–Crippen MR) is 129 cm³/mol. The van der Waals surface area contributed by atoms with Gasteiger partial charge in [-0.25, -0.2) is 0 Å². The maximum atomic E-state index is 12.3. The van der Waals surface area contributed by atoms with Crippen molar-refractivity contribution in [2.24, 2.45) is 0 Å². The summed E-state index contributed by atoms with van der Waals surface area (Å²) in [5.41, 5.74) is 2.43.